The Morgan fingerprint density at radius 1 is 0.657 bits per heavy atom. The van der Waals surface area contributed by atoms with Crippen LogP contribution in [0.25, 0.3) is 5.32 Å². The van der Waals surface area contributed by atoms with Gasteiger partial charge < -0.3 is 16.8 Å². The fraction of sp³-hybridized carbons (Fsp3) is 0.586. The average Bonchev–Trinajstić information content (AvgIpc) is 2.80. The van der Waals surface area contributed by atoms with Crippen LogP contribution in [0.2, 0.25) is 0 Å². The van der Waals surface area contributed by atoms with E-state index >= 15 is 0 Å². The third-order valence-electron chi connectivity index (χ3n) is 6.50. The molecule has 4 N–H and O–H groups in total. The SMILES string of the molecule is CC(C)c1cccc(C(C)C)c1C(N)CC[N-]CC(N)c1c(C(C)C)cccc1C(C)C.[Br][Co+][Br]. The first-order valence-corrected chi connectivity index (χ1v) is 17.9. The van der Waals surface area contributed by atoms with Gasteiger partial charge >= 0.3 is 39.5 Å². The molecule has 0 aliphatic carbocycles. The van der Waals surface area contributed by atoms with Crippen LogP contribution in [0.4, 0.5) is 0 Å². The number of hydrogen-bond donors (Lipinski definition) is 2. The van der Waals surface area contributed by atoms with Gasteiger partial charge in [-0.3, -0.25) is 0 Å². The Morgan fingerprint density at radius 3 is 1.29 bits per heavy atom. The molecule has 6 heteroatoms. The Balaban J connectivity index is 0.00000194. The molecule has 0 spiro atoms. The number of rotatable bonds is 11. The predicted octanol–water partition coefficient (Wildman–Crippen LogP) is 9.33. The zero-order valence-corrected chi connectivity index (χ0v) is 27.0. The van der Waals surface area contributed by atoms with Crippen LogP contribution in [0.3, 0.4) is 0 Å². The molecule has 3 nitrogen and oxygen atoms in total. The van der Waals surface area contributed by atoms with Crippen LogP contribution in [0.5, 0.6) is 0 Å². The van der Waals surface area contributed by atoms with Gasteiger partial charge in [0.2, 0.25) is 0 Å². The molecule has 0 radical (unpaired) electrons. The van der Waals surface area contributed by atoms with Gasteiger partial charge in [-0.1, -0.05) is 98.2 Å². The van der Waals surface area contributed by atoms with Gasteiger partial charge in [-0.15, -0.1) is 13.1 Å². The molecule has 35 heavy (non-hydrogen) atoms. The Morgan fingerprint density at radius 2 is 0.971 bits per heavy atom. The zero-order chi connectivity index (χ0) is 26.7. The van der Waals surface area contributed by atoms with Gasteiger partial charge in [0.1, 0.15) is 0 Å². The van der Waals surface area contributed by atoms with E-state index in [2.05, 4.69) is 120 Å². The van der Waals surface area contributed by atoms with E-state index in [0.717, 1.165) is 24.1 Å². The van der Waals surface area contributed by atoms with Crippen molar-refractivity contribution in [2.75, 3.05) is 13.1 Å². The molecule has 0 aromatic heterocycles. The number of hydrogen-bond acceptors (Lipinski definition) is 2. The van der Waals surface area contributed by atoms with Crippen molar-refractivity contribution in [1.29, 1.82) is 0 Å². The molecule has 0 heterocycles. The molecule has 0 saturated carbocycles. The second-order valence-corrected chi connectivity index (χ2v) is 15.8. The molecule has 0 aliphatic rings. The quantitative estimate of drug-likeness (QED) is 0.237. The van der Waals surface area contributed by atoms with E-state index < -0.39 is 0 Å². The monoisotopic (exact) mass is 653 g/mol. The second-order valence-electron chi connectivity index (χ2n) is 10.5. The van der Waals surface area contributed by atoms with E-state index in [9.17, 15) is 0 Å². The molecule has 2 aromatic carbocycles. The van der Waals surface area contributed by atoms with Gasteiger partial charge in [0.05, 0.1) is 0 Å². The zero-order valence-electron chi connectivity index (χ0n) is 22.7. The molecule has 2 aromatic rings. The fourth-order valence-electron chi connectivity index (χ4n) is 4.77. The van der Waals surface area contributed by atoms with Gasteiger partial charge in [0.15, 0.2) is 0 Å². The van der Waals surface area contributed by atoms with E-state index in [0.29, 0.717) is 30.2 Å². The second kappa shape index (κ2) is 16.6. The Hall–Kier alpha value is -0.214. The van der Waals surface area contributed by atoms with Gasteiger partial charge in [-0.25, -0.2) is 0 Å². The first kappa shape index (κ1) is 32.8. The maximum atomic E-state index is 6.74. The fourth-order valence-corrected chi connectivity index (χ4v) is 4.77. The number of nitrogens with zero attached hydrogens (tertiary/aromatic N) is 1. The summed E-state index contributed by atoms with van der Waals surface area (Å²) in [4.78, 5) is 0. The van der Waals surface area contributed by atoms with E-state index in [1.807, 2.05) is 0 Å². The van der Waals surface area contributed by atoms with Crippen LogP contribution in [-0.2, 0) is 11.1 Å². The molecule has 2 atom stereocenters. The topological polar surface area (TPSA) is 66.1 Å². The van der Waals surface area contributed by atoms with Gasteiger partial charge in [-0.2, -0.15) is 0 Å². The van der Waals surface area contributed by atoms with Crippen molar-refractivity contribution in [3.63, 3.8) is 0 Å². The molecule has 0 bridgehead atoms. The van der Waals surface area contributed by atoms with Crippen molar-refractivity contribution >= 4 is 28.3 Å². The Labute approximate surface area is 235 Å². The molecule has 0 aliphatic heterocycles. The minimum atomic E-state index is -0.0728. The summed E-state index contributed by atoms with van der Waals surface area (Å²) in [6.07, 6.45) is 0.846. The summed E-state index contributed by atoms with van der Waals surface area (Å²) < 4.78 is 0. The minimum absolute atomic E-state index is 0.000139. The summed E-state index contributed by atoms with van der Waals surface area (Å²) in [7, 11) is 0. The number of benzene rings is 2. The molecule has 0 saturated heterocycles. The normalized spacial score (nSPS) is 13.5. The van der Waals surface area contributed by atoms with Crippen LogP contribution >= 0.6 is 28.3 Å². The van der Waals surface area contributed by atoms with E-state index in [4.69, 9.17) is 16.8 Å². The van der Waals surface area contributed by atoms with Gasteiger partial charge in [0, 0.05) is 12.1 Å². The third kappa shape index (κ3) is 9.88. The van der Waals surface area contributed by atoms with Crippen LogP contribution in [0.15, 0.2) is 36.4 Å². The predicted molar refractivity (Wildman–Crippen MR) is 159 cm³/mol. The van der Waals surface area contributed by atoms with Crippen molar-refractivity contribution in [1.82, 2.24) is 0 Å². The molecular weight excluding hydrogens is 609 g/mol. The number of halogens is 2. The Kier molecular flexibility index (Phi) is 15.6. The van der Waals surface area contributed by atoms with E-state index in [1.165, 1.54) is 33.4 Å². The van der Waals surface area contributed by atoms with Crippen molar-refractivity contribution in [2.45, 2.75) is 97.6 Å². The van der Waals surface area contributed by atoms with Gasteiger partial charge in [-0.05, 0) is 57.1 Å². The maximum absolute atomic E-state index is 6.74. The third-order valence-corrected chi connectivity index (χ3v) is 6.50. The van der Waals surface area contributed by atoms with Crippen molar-refractivity contribution in [2.24, 2.45) is 11.5 Å². The standard InChI is InChI=1S/C29H46N3.2BrH.Co/c1-18(2)22-11-9-12-23(19(3)4)28(22)26(30)15-16-32-17-27(31)29-24(20(5)6)13-10-14-25(29)21(7)8;;;/h9-14,18-21,26-27H,15-17,30-31H2,1-8H3;2*1H;/q-1;;;+3/p-2. The van der Waals surface area contributed by atoms with Crippen LogP contribution in [0, 0.1) is 0 Å². The van der Waals surface area contributed by atoms with Crippen molar-refractivity contribution in [3.8, 4) is 0 Å². The first-order valence-electron chi connectivity index (χ1n) is 12.7. The summed E-state index contributed by atoms with van der Waals surface area (Å²) in [6, 6.07) is 13.2. The van der Waals surface area contributed by atoms with Gasteiger partial charge in [0.25, 0.3) is 0 Å². The molecule has 2 unspecified atom stereocenters. The molecule has 200 valence electrons. The average molecular weight is 655 g/mol. The summed E-state index contributed by atoms with van der Waals surface area (Å²) >= 11 is 7.12. The summed E-state index contributed by atoms with van der Waals surface area (Å²) in [5.41, 5.74) is 21.5. The molecule has 0 amide bonds. The van der Waals surface area contributed by atoms with Crippen LogP contribution < -0.4 is 11.5 Å². The Bertz CT molecular complexity index is 760. The molecular formula is C29H46Br2CoN3. The van der Waals surface area contributed by atoms with E-state index in [1.54, 1.807) is 0 Å². The van der Waals surface area contributed by atoms with Crippen molar-refractivity contribution < 1.29 is 11.1 Å². The summed E-state index contributed by atoms with van der Waals surface area (Å²) in [5, 5.41) is 4.86. The summed E-state index contributed by atoms with van der Waals surface area (Å²) in [6.45, 7) is 19.3. The van der Waals surface area contributed by atoms with Crippen LogP contribution in [-0.4, -0.2) is 13.1 Å². The first-order chi connectivity index (χ1) is 16.5. The van der Waals surface area contributed by atoms with Crippen LogP contribution in [0.1, 0.15) is 131 Å². The number of nitrogens with two attached hydrogens (primary N) is 2. The van der Waals surface area contributed by atoms with E-state index in [-0.39, 0.29) is 12.1 Å². The van der Waals surface area contributed by atoms with Crippen molar-refractivity contribution in [3.05, 3.63) is 75.1 Å². The molecule has 2 rings (SSSR count). The summed E-state index contributed by atoms with van der Waals surface area (Å²) in [5.74, 6) is 1.82. The molecule has 0 fully saturated rings.